The molecule has 0 aliphatic rings. The Hall–Kier alpha value is -6.40. The van der Waals surface area contributed by atoms with E-state index in [-0.39, 0.29) is 11.5 Å². The Balaban J connectivity index is 1.04. The standard InChI is InChI=1S/C42H32N2O4/c45-41-35(13-7-17-39(41)47-27-29-19-21-31-9-1-3-11-33(31)23-29)25-43-37-15-5-6-16-38(37)44-26-36-14-8-18-40(42(36)46)48-28-30-20-22-32-10-2-4-12-34(32)24-30/h1-26,45-46H,27-28H2. The first-order chi connectivity index (χ1) is 23.6. The lowest BCUT2D eigenvalue weighted by atomic mass is 10.1. The van der Waals surface area contributed by atoms with Gasteiger partial charge in [-0.25, -0.2) is 0 Å². The highest BCUT2D eigenvalue weighted by Gasteiger charge is 2.10. The molecule has 0 amide bonds. The van der Waals surface area contributed by atoms with Crippen LogP contribution in [0.2, 0.25) is 0 Å². The third kappa shape index (κ3) is 6.88. The van der Waals surface area contributed by atoms with Gasteiger partial charge in [0.2, 0.25) is 0 Å². The second-order valence-electron chi connectivity index (χ2n) is 11.3. The van der Waals surface area contributed by atoms with Crippen LogP contribution in [0.5, 0.6) is 23.0 Å². The molecule has 0 unspecified atom stereocenters. The fourth-order valence-corrected chi connectivity index (χ4v) is 5.46. The molecule has 0 heterocycles. The molecule has 48 heavy (non-hydrogen) atoms. The molecule has 6 nitrogen and oxygen atoms in total. The molecular formula is C42H32N2O4. The summed E-state index contributed by atoms with van der Waals surface area (Å²) in [6, 6.07) is 46.8. The number of rotatable bonds is 10. The average molecular weight is 629 g/mol. The van der Waals surface area contributed by atoms with E-state index in [4.69, 9.17) is 9.47 Å². The summed E-state index contributed by atoms with van der Waals surface area (Å²) in [4.78, 5) is 9.25. The highest BCUT2D eigenvalue weighted by molar-refractivity contribution is 5.90. The number of hydrogen-bond donors (Lipinski definition) is 2. The van der Waals surface area contributed by atoms with E-state index in [0.29, 0.717) is 47.2 Å². The fraction of sp³-hybridized carbons (Fsp3) is 0.0476. The van der Waals surface area contributed by atoms with Crippen molar-refractivity contribution in [2.24, 2.45) is 9.98 Å². The van der Waals surface area contributed by atoms with Crippen molar-refractivity contribution in [2.75, 3.05) is 0 Å². The number of hydrogen-bond acceptors (Lipinski definition) is 6. The number of aliphatic imine (C=N–C) groups is 2. The van der Waals surface area contributed by atoms with Gasteiger partial charge in [0.1, 0.15) is 13.2 Å². The number of para-hydroxylation sites is 4. The first-order valence-electron chi connectivity index (χ1n) is 15.6. The zero-order chi connectivity index (χ0) is 32.7. The third-order valence-corrected chi connectivity index (χ3v) is 8.04. The van der Waals surface area contributed by atoms with Gasteiger partial charge in [0.05, 0.1) is 11.4 Å². The Morgan fingerprint density at radius 2 is 0.854 bits per heavy atom. The van der Waals surface area contributed by atoms with E-state index in [9.17, 15) is 10.2 Å². The van der Waals surface area contributed by atoms with Gasteiger partial charge in [0.15, 0.2) is 23.0 Å². The van der Waals surface area contributed by atoms with Crippen LogP contribution in [0, 0.1) is 0 Å². The summed E-state index contributed by atoms with van der Waals surface area (Å²) in [5, 5.41) is 26.6. The number of fused-ring (bicyclic) bond motifs is 2. The third-order valence-electron chi connectivity index (χ3n) is 8.04. The summed E-state index contributed by atoms with van der Waals surface area (Å²) in [6.07, 6.45) is 3.18. The van der Waals surface area contributed by atoms with Crippen LogP contribution in [-0.2, 0) is 13.2 Å². The SMILES string of the molecule is Oc1c(C=Nc2ccccc2N=Cc2cccc(OCc3ccc4ccccc4c3)c2O)cccc1OCc1ccc2ccccc2c1. The van der Waals surface area contributed by atoms with Crippen molar-refractivity contribution in [1.82, 2.24) is 0 Å². The van der Waals surface area contributed by atoms with Crippen molar-refractivity contribution in [3.05, 3.63) is 168 Å². The minimum Gasteiger partial charge on any atom is -0.504 e. The fourth-order valence-electron chi connectivity index (χ4n) is 5.46. The molecule has 0 atom stereocenters. The normalized spacial score (nSPS) is 11.5. The summed E-state index contributed by atoms with van der Waals surface area (Å²) in [7, 11) is 0. The molecule has 0 fully saturated rings. The summed E-state index contributed by atoms with van der Waals surface area (Å²) in [5.74, 6) is 0.759. The molecule has 0 radical (unpaired) electrons. The van der Waals surface area contributed by atoms with E-state index < -0.39 is 0 Å². The van der Waals surface area contributed by atoms with Crippen molar-refractivity contribution in [2.45, 2.75) is 13.2 Å². The van der Waals surface area contributed by atoms with Crippen LogP contribution in [0.3, 0.4) is 0 Å². The first kappa shape index (κ1) is 30.3. The Morgan fingerprint density at radius 3 is 1.31 bits per heavy atom. The van der Waals surface area contributed by atoms with Gasteiger partial charge in [-0.1, -0.05) is 97.1 Å². The highest BCUT2D eigenvalue weighted by atomic mass is 16.5. The van der Waals surface area contributed by atoms with Crippen molar-refractivity contribution in [3.8, 4) is 23.0 Å². The topological polar surface area (TPSA) is 83.6 Å². The maximum absolute atomic E-state index is 11.0. The van der Waals surface area contributed by atoms with Crippen molar-refractivity contribution >= 4 is 45.3 Å². The summed E-state index contributed by atoms with van der Waals surface area (Å²) < 4.78 is 12.0. The molecule has 0 aliphatic carbocycles. The number of aromatic hydroxyl groups is 2. The first-order valence-corrected chi connectivity index (χ1v) is 15.6. The molecular weight excluding hydrogens is 596 g/mol. The van der Waals surface area contributed by atoms with Gasteiger partial charge in [0, 0.05) is 23.6 Å². The molecule has 7 rings (SSSR count). The number of phenols is 2. The van der Waals surface area contributed by atoms with Crippen LogP contribution < -0.4 is 9.47 Å². The molecule has 0 aliphatic heterocycles. The summed E-state index contributed by atoms with van der Waals surface area (Å²) in [6.45, 7) is 0.637. The minimum atomic E-state index is 0.00782. The van der Waals surface area contributed by atoms with Gasteiger partial charge < -0.3 is 19.7 Å². The molecule has 0 saturated carbocycles. The van der Waals surface area contributed by atoms with Crippen LogP contribution in [0.1, 0.15) is 22.3 Å². The van der Waals surface area contributed by atoms with Gasteiger partial charge in [-0.05, 0) is 81.2 Å². The second kappa shape index (κ2) is 13.9. The van der Waals surface area contributed by atoms with Gasteiger partial charge in [0.25, 0.3) is 0 Å². The number of ether oxygens (including phenoxy) is 2. The van der Waals surface area contributed by atoms with Gasteiger partial charge in [-0.2, -0.15) is 0 Å². The Morgan fingerprint density at radius 1 is 0.438 bits per heavy atom. The van der Waals surface area contributed by atoms with Gasteiger partial charge in [-0.3, -0.25) is 9.98 Å². The molecule has 2 N–H and O–H groups in total. The monoisotopic (exact) mass is 628 g/mol. The van der Waals surface area contributed by atoms with E-state index in [1.165, 1.54) is 10.8 Å². The Kier molecular flexibility index (Phi) is 8.78. The summed E-state index contributed by atoms with van der Waals surface area (Å²) in [5.41, 5.74) is 4.23. The van der Waals surface area contributed by atoms with E-state index in [1.807, 2.05) is 72.8 Å². The maximum Gasteiger partial charge on any atom is 0.166 e. The van der Waals surface area contributed by atoms with Crippen LogP contribution in [0.15, 0.2) is 156 Å². The van der Waals surface area contributed by atoms with Crippen molar-refractivity contribution in [1.29, 1.82) is 0 Å². The van der Waals surface area contributed by atoms with E-state index >= 15 is 0 Å². The van der Waals surface area contributed by atoms with E-state index in [0.717, 1.165) is 21.9 Å². The van der Waals surface area contributed by atoms with Gasteiger partial charge in [-0.15, -0.1) is 0 Å². The van der Waals surface area contributed by atoms with Crippen LogP contribution >= 0.6 is 0 Å². The smallest absolute Gasteiger partial charge is 0.166 e. The molecule has 234 valence electrons. The van der Waals surface area contributed by atoms with E-state index in [1.54, 1.807) is 36.7 Å². The lowest BCUT2D eigenvalue weighted by Crippen LogP contribution is -1.97. The molecule has 0 saturated heterocycles. The molecule has 0 spiro atoms. The summed E-state index contributed by atoms with van der Waals surface area (Å²) >= 11 is 0. The number of benzene rings is 7. The lowest BCUT2D eigenvalue weighted by Gasteiger charge is -2.11. The number of phenolic OH excluding ortho intramolecular Hbond substituents is 2. The molecule has 6 heteroatoms. The zero-order valence-electron chi connectivity index (χ0n) is 26.0. The predicted octanol–water partition coefficient (Wildman–Crippen LogP) is 10.1. The van der Waals surface area contributed by atoms with Crippen LogP contribution in [-0.4, -0.2) is 22.6 Å². The van der Waals surface area contributed by atoms with Gasteiger partial charge >= 0.3 is 0 Å². The minimum absolute atomic E-state index is 0.00782. The lowest BCUT2D eigenvalue weighted by molar-refractivity contribution is 0.289. The molecule has 0 aromatic heterocycles. The Bertz CT molecular complexity index is 2130. The molecule has 7 aromatic carbocycles. The van der Waals surface area contributed by atoms with Crippen LogP contribution in [0.25, 0.3) is 21.5 Å². The van der Waals surface area contributed by atoms with Crippen LogP contribution in [0.4, 0.5) is 11.4 Å². The van der Waals surface area contributed by atoms with Crippen molar-refractivity contribution in [3.63, 3.8) is 0 Å². The second-order valence-corrected chi connectivity index (χ2v) is 11.3. The highest BCUT2D eigenvalue weighted by Crippen LogP contribution is 2.33. The maximum atomic E-state index is 11.0. The quantitative estimate of drug-likeness (QED) is 0.148. The predicted molar refractivity (Wildman–Crippen MR) is 194 cm³/mol. The van der Waals surface area contributed by atoms with Crippen molar-refractivity contribution < 1.29 is 19.7 Å². The molecule has 0 bridgehead atoms. The average Bonchev–Trinajstić information content (AvgIpc) is 3.13. The largest absolute Gasteiger partial charge is 0.504 e. The number of nitrogens with zero attached hydrogens (tertiary/aromatic N) is 2. The molecule has 7 aromatic rings. The van der Waals surface area contributed by atoms with E-state index in [2.05, 4.69) is 58.5 Å². The Labute approximate surface area is 278 Å². The zero-order valence-corrected chi connectivity index (χ0v) is 26.0.